The molecular formula is C15H15N5O2S. The molecule has 3 N–H and O–H groups in total. The van der Waals surface area contributed by atoms with Gasteiger partial charge in [-0.15, -0.1) is 0 Å². The van der Waals surface area contributed by atoms with E-state index >= 15 is 0 Å². The first-order valence-electron chi connectivity index (χ1n) is 6.85. The van der Waals surface area contributed by atoms with Gasteiger partial charge in [0.15, 0.2) is 0 Å². The van der Waals surface area contributed by atoms with Crippen molar-refractivity contribution in [2.24, 2.45) is 5.14 Å². The molecule has 0 spiro atoms. The number of pyridine rings is 1. The van der Waals surface area contributed by atoms with Crippen molar-refractivity contribution in [1.29, 1.82) is 0 Å². The third-order valence-electron chi connectivity index (χ3n) is 3.24. The summed E-state index contributed by atoms with van der Waals surface area (Å²) in [6.45, 7) is 0.429. The van der Waals surface area contributed by atoms with Gasteiger partial charge in [0.05, 0.1) is 5.69 Å². The van der Waals surface area contributed by atoms with Gasteiger partial charge >= 0.3 is 0 Å². The van der Waals surface area contributed by atoms with E-state index in [0.717, 1.165) is 11.3 Å². The highest BCUT2D eigenvalue weighted by Crippen LogP contribution is 2.17. The molecule has 118 valence electrons. The van der Waals surface area contributed by atoms with Gasteiger partial charge in [-0.2, -0.15) is 5.10 Å². The van der Waals surface area contributed by atoms with Crippen molar-refractivity contribution in [3.8, 4) is 5.69 Å². The number of nitrogens with zero attached hydrogens (tertiary/aromatic N) is 3. The molecule has 2 aromatic heterocycles. The highest BCUT2D eigenvalue weighted by molar-refractivity contribution is 7.89. The number of sulfonamides is 1. The predicted octanol–water partition coefficient (Wildman–Crippen LogP) is 1.53. The van der Waals surface area contributed by atoms with Gasteiger partial charge in [0.25, 0.3) is 0 Å². The third kappa shape index (κ3) is 3.55. The van der Waals surface area contributed by atoms with Crippen LogP contribution in [0.3, 0.4) is 0 Å². The minimum absolute atomic E-state index is 0.0202. The number of nitrogens with one attached hydrogen (secondary N) is 1. The summed E-state index contributed by atoms with van der Waals surface area (Å²) in [4.78, 5) is 4.01. The van der Waals surface area contributed by atoms with E-state index in [1.807, 2.05) is 36.5 Å². The van der Waals surface area contributed by atoms with E-state index in [0.29, 0.717) is 6.54 Å². The van der Waals surface area contributed by atoms with E-state index in [4.69, 9.17) is 5.14 Å². The fourth-order valence-corrected chi connectivity index (χ4v) is 2.79. The van der Waals surface area contributed by atoms with Gasteiger partial charge in [-0.1, -0.05) is 12.1 Å². The van der Waals surface area contributed by atoms with Gasteiger partial charge in [0.2, 0.25) is 10.0 Å². The van der Waals surface area contributed by atoms with Crippen molar-refractivity contribution in [2.45, 2.75) is 11.4 Å². The number of nitrogens with two attached hydrogens (primary N) is 1. The summed E-state index contributed by atoms with van der Waals surface area (Å²) >= 11 is 0. The lowest BCUT2D eigenvalue weighted by molar-refractivity contribution is 0.597. The van der Waals surface area contributed by atoms with E-state index in [9.17, 15) is 8.42 Å². The quantitative estimate of drug-likeness (QED) is 0.739. The molecule has 0 fully saturated rings. The highest BCUT2D eigenvalue weighted by atomic mass is 32.2. The summed E-state index contributed by atoms with van der Waals surface area (Å²) < 4.78 is 24.8. The molecule has 0 atom stereocenters. The van der Waals surface area contributed by atoms with Crippen LogP contribution in [0.4, 0.5) is 5.82 Å². The normalized spacial score (nSPS) is 11.3. The molecule has 0 saturated heterocycles. The molecule has 0 radical (unpaired) electrons. The molecule has 7 nitrogen and oxygen atoms in total. The van der Waals surface area contributed by atoms with Crippen LogP contribution >= 0.6 is 0 Å². The summed E-state index contributed by atoms with van der Waals surface area (Å²) in [5, 5.41) is 12.3. The standard InChI is InChI=1S/C15H15N5O2S/c16-23(21,22)14-3-1-8-17-15(14)18-11-12-4-6-13(7-5-12)20-10-2-9-19-20/h1-10H,11H2,(H,17,18)(H2,16,21,22). The summed E-state index contributed by atoms with van der Waals surface area (Å²) in [5.74, 6) is 0.242. The Hall–Kier alpha value is -2.71. The number of primary sulfonamides is 1. The summed E-state index contributed by atoms with van der Waals surface area (Å²) in [6.07, 6.45) is 5.09. The lowest BCUT2D eigenvalue weighted by Gasteiger charge is -2.10. The molecule has 0 aliphatic carbocycles. The minimum atomic E-state index is -3.81. The number of aromatic nitrogens is 3. The largest absolute Gasteiger partial charge is 0.365 e. The second-order valence-electron chi connectivity index (χ2n) is 4.87. The SMILES string of the molecule is NS(=O)(=O)c1cccnc1NCc1ccc(-n2cccn2)cc1. The molecular weight excluding hydrogens is 314 g/mol. The van der Waals surface area contributed by atoms with Gasteiger partial charge < -0.3 is 5.32 Å². The maximum atomic E-state index is 11.5. The Bertz CT molecular complexity index is 890. The van der Waals surface area contributed by atoms with Gasteiger partial charge in [0, 0.05) is 25.1 Å². The molecule has 0 unspecified atom stereocenters. The Morgan fingerprint density at radius 2 is 1.87 bits per heavy atom. The summed E-state index contributed by atoms with van der Waals surface area (Å²) in [6, 6.07) is 12.5. The number of rotatable bonds is 5. The van der Waals surface area contributed by atoms with E-state index in [-0.39, 0.29) is 10.7 Å². The fraction of sp³-hybridized carbons (Fsp3) is 0.0667. The van der Waals surface area contributed by atoms with E-state index in [1.54, 1.807) is 10.9 Å². The van der Waals surface area contributed by atoms with E-state index in [2.05, 4.69) is 15.4 Å². The second-order valence-corrected chi connectivity index (χ2v) is 6.40. The number of anilines is 1. The van der Waals surface area contributed by atoms with E-state index < -0.39 is 10.0 Å². The zero-order valence-corrected chi connectivity index (χ0v) is 12.9. The summed E-state index contributed by atoms with van der Waals surface area (Å²) in [5.41, 5.74) is 1.92. The monoisotopic (exact) mass is 329 g/mol. The van der Waals surface area contributed by atoms with Crippen molar-refractivity contribution in [3.63, 3.8) is 0 Å². The lowest BCUT2D eigenvalue weighted by Crippen LogP contribution is -2.15. The Morgan fingerprint density at radius 1 is 1.09 bits per heavy atom. The Labute approximate surface area is 133 Å². The predicted molar refractivity (Wildman–Crippen MR) is 86.5 cm³/mol. The fourth-order valence-electron chi connectivity index (χ4n) is 2.13. The molecule has 3 aromatic rings. The molecule has 8 heteroatoms. The average molecular weight is 329 g/mol. The minimum Gasteiger partial charge on any atom is -0.365 e. The van der Waals surface area contributed by atoms with Crippen molar-refractivity contribution < 1.29 is 8.42 Å². The molecule has 3 rings (SSSR count). The molecule has 23 heavy (non-hydrogen) atoms. The van der Waals surface area contributed by atoms with Crippen LogP contribution in [-0.2, 0) is 16.6 Å². The van der Waals surface area contributed by atoms with Crippen molar-refractivity contribution in [2.75, 3.05) is 5.32 Å². The van der Waals surface area contributed by atoms with Crippen LogP contribution in [0.2, 0.25) is 0 Å². The average Bonchev–Trinajstić information content (AvgIpc) is 3.07. The van der Waals surface area contributed by atoms with Gasteiger partial charge in [-0.25, -0.2) is 23.2 Å². The first-order valence-corrected chi connectivity index (χ1v) is 8.39. The molecule has 0 aliphatic heterocycles. The Balaban J connectivity index is 1.74. The zero-order chi connectivity index (χ0) is 16.3. The van der Waals surface area contributed by atoms with Gasteiger partial charge in [0.1, 0.15) is 10.7 Å². The molecule has 0 bridgehead atoms. The zero-order valence-electron chi connectivity index (χ0n) is 12.1. The smallest absolute Gasteiger partial charge is 0.241 e. The maximum Gasteiger partial charge on any atom is 0.241 e. The van der Waals surface area contributed by atoms with Crippen LogP contribution < -0.4 is 10.5 Å². The summed E-state index contributed by atoms with van der Waals surface area (Å²) in [7, 11) is -3.81. The van der Waals surface area contributed by atoms with E-state index in [1.165, 1.54) is 18.3 Å². The van der Waals surface area contributed by atoms with Crippen LogP contribution in [0.5, 0.6) is 0 Å². The van der Waals surface area contributed by atoms with Crippen molar-refractivity contribution in [1.82, 2.24) is 14.8 Å². The van der Waals surface area contributed by atoms with Crippen LogP contribution in [0.25, 0.3) is 5.69 Å². The molecule has 0 saturated carbocycles. The van der Waals surface area contributed by atoms with Crippen LogP contribution in [0, 0.1) is 0 Å². The van der Waals surface area contributed by atoms with Crippen LogP contribution in [-0.4, -0.2) is 23.2 Å². The molecule has 1 aromatic carbocycles. The number of benzene rings is 1. The molecule has 0 aliphatic rings. The first kappa shape index (κ1) is 15.2. The van der Waals surface area contributed by atoms with Crippen molar-refractivity contribution >= 4 is 15.8 Å². The lowest BCUT2D eigenvalue weighted by atomic mass is 10.2. The number of hydrogen-bond acceptors (Lipinski definition) is 5. The third-order valence-corrected chi connectivity index (χ3v) is 4.18. The molecule has 2 heterocycles. The second kappa shape index (κ2) is 6.19. The topological polar surface area (TPSA) is 103 Å². The van der Waals surface area contributed by atoms with Crippen LogP contribution in [0.1, 0.15) is 5.56 Å². The first-order chi connectivity index (χ1) is 11.0. The molecule has 0 amide bonds. The van der Waals surface area contributed by atoms with Crippen LogP contribution in [0.15, 0.2) is 66.0 Å². The van der Waals surface area contributed by atoms with Gasteiger partial charge in [-0.05, 0) is 35.9 Å². The maximum absolute atomic E-state index is 11.5. The van der Waals surface area contributed by atoms with Crippen molar-refractivity contribution in [3.05, 3.63) is 66.6 Å². The van der Waals surface area contributed by atoms with Gasteiger partial charge in [-0.3, -0.25) is 0 Å². The Morgan fingerprint density at radius 3 is 2.52 bits per heavy atom. The highest BCUT2D eigenvalue weighted by Gasteiger charge is 2.14. The number of hydrogen-bond donors (Lipinski definition) is 2. The Kier molecular flexibility index (Phi) is 4.09.